The molecule has 0 aliphatic heterocycles. The molecule has 0 rings (SSSR count). The molecule has 120 valence electrons. The maximum atomic E-state index is 11.0. The highest BCUT2D eigenvalue weighted by molar-refractivity contribution is 5.90. The highest BCUT2D eigenvalue weighted by atomic mass is 24.3. The Bertz CT molecular complexity index is 290. The van der Waals surface area contributed by atoms with E-state index in [-0.39, 0.29) is 23.1 Å². The first kappa shape index (κ1) is 22.7. The van der Waals surface area contributed by atoms with E-state index >= 15 is 0 Å². The summed E-state index contributed by atoms with van der Waals surface area (Å²) in [7, 11) is 0. The molecule has 0 aliphatic carbocycles. The minimum atomic E-state index is -1.14. The number of rotatable bonds is 13. The van der Waals surface area contributed by atoms with Crippen LogP contribution in [0.25, 0.3) is 0 Å². The van der Waals surface area contributed by atoms with Gasteiger partial charge in [0.25, 0.3) is 0 Å². The number of unbranched alkanes of at least 4 members (excludes halogenated alkanes) is 9. The van der Waals surface area contributed by atoms with E-state index in [1.165, 1.54) is 51.4 Å². The number of aliphatic carboxylic acids is 1. The SMILES string of the molecule is CCCCCCCCCCCCOC(=O)C=CC(=O)O.[MgH2]. The normalized spacial score (nSPS) is 10.3. The lowest BCUT2D eigenvalue weighted by Crippen LogP contribution is -2.03. The van der Waals surface area contributed by atoms with Gasteiger partial charge in [-0.05, 0) is 6.42 Å². The summed E-state index contributed by atoms with van der Waals surface area (Å²) in [5.41, 5.74) is 0. The van der Waals surface area contributed by atoms with E-state index in [1.807, 2.05) is 0 Å². The molecular formula is C16H30MgO4. The van der Waals surface area contributed by atoms with Gasteiger partial charge in [0.2, 0.25) is 0 Å². The molecule has 0 radical (unpaired) electrons. The first-order valence-corrected chi connectivity index (χ1v) is 7.74. The van der Waals surface area contributed by atoms with Gasteiger partial charge in [0.05, 0.1) is 6.61 Å². The lowest BCUT2D eigenvalue weighted by Gasteiger charge is -2.03. The summed E-state index contributed by atoms with van der Waals surface area (Å²) in [6, 6.07) is 0. The first-order valence-electron chi connectivity index (χ1n) is 7.74. The van der Waals surface area contributed by atoms with Gasteiger partial charge < -0.3 is 9.84 Å². The molecule has 21 heavy (non-hydrogen) atoms. The van der Waals surface area contributed by atoms with E-state index < -0.39 is 11.9 Å². The number of carboxylic acids is 1. The average molecular weight is 311 g/mol. The molecule has 0 heterocycles. The summed E-state index contributed by atoms with van der Waals surface area (Å²) >= 11 is 0. The number of carbonyl (C=O) groups excluding carboxylic acids is 1. The van der Waals surface area contributed by atoms with Crippen molar-refractivity contribution in [3.63, 3.8) is 0 Å². The molecule has 0 saturated carbocycles. The molecule has 0 spiro atoms. The summed E-state index contributed by atoms with van der Waals surface area (Å²) in [6.07, 6.45) is 14.0. The molecule has 0 aromatic rings. The van der Waals surface area contributed by atoms with Gasteiger partial charge in [-0.2, -0.15) is 0 Å². The zero-order valence-electron chi connectivity index (χ0n) is 12.6. The van der Waals surface area contributed by atoms with Crippen molar-refractivity contribution in [2.75, 3.05) is 6.61 Å². The van der Waals surface area contributed by atoms with Gasteiger partial charge in [-0.15, -0.1) is 0 Å². The Kier molecular flexibility index (Phi) is 18.9. The molecule has 0 saturated heterocycles. The van der Waals surface area contributed by atoms with Crippen LogP contribution in [0.5, 0.6) is 0 Å². The van der Waals surface area contributed by atoms with Crippen molar-refractivity contribution in [2.24, 2.45) is 0 Å². The zero-order chi connectivity index (χ0) is 15.1. The van der Waals surface area contributed by atoms with Crippen LogP contribution in [0, 0.1) is 0 Å². The van der Waals surface area contributed by atoms with Crippen molar-refractivity contribution in [1.82, 2.24) is 0 Å². The van der Waals surface area contributed by atoms with Crippen LogP contribution in [0.4, 0.5) is 0 Å². The maximum absolute atomic E-state index is 11.0. The van der Waals surface area contributed by atoms with Crippen LogP contribution in [0.2, 0.25) is 0 Å². The number of hydrogen-bond donors (Lipinski definition) is 1. The van der Waals surface area contributed by atoms with Crippen LogP contribution in [0.1, 0.15) is 71.1 Å². The zero-order valence-corrected chi connectivity index (χ0v) is 12.6. The Morgan fingerprint density at radius 1 is 0.857 bits per heavy atom. The third-order valence-corrected chi connectivity index (χ3v) is 3.10. The summed E-state index contributed by atoms with van der Waals surface area (Å²) in [5.74, 6) is -1.72. The predicted octanol–water partition coefficient (Wildman–Crippen LogP) is 3.18. The van der Waals surface area contributed by atoms with Crippen LogP contribution in [-0.4, -0.2) is 46.7 Å². The Morgan fingerprint density at radius 3 is 1.81 bits per heavy atom. The Balaban J connectivity index is 0. The maximum Gasteiger partial charge on any atom is 0.331 e. The first-order chi connectivity index (χ1) is 9.66. The number of carbonyl (C=O) groups is 2. The summed E-state index contributed by atoms with van der Waals surface area (Å²) in [6.45, 7) is 2.60. The number of carboxylic acid groups (broad SMARTS) is 1. The molecule has 1 N–H and O–H groups in total. The summed E-state index contributed by atoms with van der Waals surface area (Å²) in [5, 5.41) is 8.33. The smallest absolute Gasteiger partial charge is 0.331 e. The van der Waals surface area contributed by atoms with Crippen LogP contribution >= 0.6 is 0 Å². The standard InChI is InChI=1S/C16H28O4.Mg.2H/c1-2-3-4-5-6-7-8-9-10-11-14-20-16(19)13-12-15(17)18;;;/h12-13H,2-11,14H2,1H3,(H,17,18);;;. The number of hydrogen-bond acceptors (Lipinski definition) is 3. The number of ether oxygens (including phenoxy) is 1. The highest BCUT2D eigenvalue weighted by Crippen LogP contribution is 2.10. The molecule has 0 unspecified atom stereocenters. The largest absolute Gasteiger partial charge is 0.478 e. The van der Waals surface area contributed by atoms with E-state index in [1.54, 1.807) is 0 Å². The van der Waals surface area contributed by atoms with Crippen molar-refractivity contribution in [3.05, 3.63) is 12.2 Å². The fourth-order valence-electron chi connectivity index (χ4n) is 1.95. The Hall–Kier alpha value is -0.554. The average Bonchev–Trinajstić information content (AvgIpc) is 2.42. The van der Waals surface area contributed by atoms with Crippen LogP contribution in [-0.2, 0) is 14.3 Å². The van der Waals surface area contributed by atoms with Crippen molar-refractivity contribution in [2.45, 2.75) is 71.1 Å². The van der Waals surface area contributed by atoms with Crippen LogP contribution in [0.3, 0.4) is 0 Å². The van der Waals surface area contributed by atoms with Gasteiger partial charge in [0, 0.05) is 12.2 Å². The predicted molar refractivity (Wildman–Crippen MR) is 88.1 cm³/mol. The summed E-state index contributed by atoms with van der Waals surface area (Å²) in [4.78, 5) is 21.2. The van der Waals surface area contributed by atoms with Gasteiger partial charge in [0.1, 0.15) is 0 Å². The molecular weight excluding hydrogens is 280 g/mol. The van der Waals surface area contributed by atoms with E-state index in [0.717, 1.165) is 25.0 Å². The topological polar surface area (TPSA) is 63.6 Å². The van der Waals surface area contributed by atoms with Gasteiger partial charge in [-0.25, -0.2) is 9.59 Å². The lowest BCUT2D eigenvalue weighted by molar-refractivity contribution is -0.138. The van der Waals surface area contributed by atoms with E-state index in [9.17, 15) is 9.59 Å². The molecule has 0 fully saturated rings. The molecule has 0 amide bonds. The molecule has 0 aromatic carbocycles. The highest BCUT2D eigenvalue weighted by Gasteiger charge is 1.98. The van der Waals surface area contributed by atoms with Crippen molar-refractivity contribution in [1.29, 1.82) is 0 Å². The molecule has 0 bridgehead atoms. The van der Waals surface area contributed by atoms with E-state index in [0.29, 0.717) is 6.61 Å². The van der Waals surface area contributed by atoms with Crippen LogP contribution < -0.4 is 0 Å². The Morgan fingerprint density at radius 2 is 1.33 bits per heavy atom. The van der Waals surface area contributed by atoms with Gasteiger partial charge >= 0.3 is 35.0 Å². The van der Waals surface area contributed by atoms with E-state index in [4.69, 9.17) is 9.84 Å². The summed E-state index contributed by atoms with van der Waals surface area (Å²) < 4.78 is 4.88. The van der Waals surface area contributed by atoms with Crippen LogP contribution in [0.15, 0.2) is 12.2 Å². The monoisotopic (exact) mass is 310 g/mol. The van der Waals surface area contributed by atoms with Crippen molar-refractivity contribution >= 4 is 35.0 Å². The van der Waals surface area contributed by atoms with Gasteiger partial charge in [0.15, 0.2) is 0 Å². The Labute approximate surface area is 144 Å². The van der Waals surface area contributed by atoms with Crippen molar-refractivity contribution < 1.29 is 19.4 Å². The molecule has 4 nitrogen and oxygen atoms in total. The second-order valence-electron chi connectivity index (χ2n) is 5.02. The molecule has 0 aliphatic rings. The van der Waals surface area contributed by atoms with E-state index in [2.05, 4.69) is 6.92 Å². The van der Waals surface area contributed by atoms with Gasteiger partial charge in [-0.1, -0.05) is 64.7 Å². The number of esters is 1. The third-order valence-electron chi connectivity index (χ3n) is 3.10. The van der Waals surface area contributed by atoms with Crippen molar-refractivity contribution in [3.8, 4) is 0 Å². The minimum Gasteiger partial charge on any atom is -0.478 e. The third kappa shape index (κ3) is 19.4. The van der Waals surface area contributed by atoms with Gasteiger partial charge in [-0.3, -0.25) is 0 Å². The fraction of sp³-hybridized carbons (Fsp3) is 0.750. The second kappa shape index (κ2) is 17.5. The lowest BCUT2D eigenvalue weighted by atomic mass is 10.1. The molecule has 5 heteroatoms. The quantitative estimate of drug-likeness (QED) is 0.246. The minimum absolute atomic E-state index is 0. The molecule has 0 atom stereocenters. The second-order valence-corrected chi connectivity index (χ2v) is 5.02. The molecule has 0 aromatic heterocycles. The fourth-order valence-corrected chi connectivity index (χ4v) is 1.95.